The Bertz CT molecular complexity index is 901. The molecule has 4 atom stereocenters. The highest BCUT2D eigenvalue weighted by molar-refractivity contribution is 9.10. The number of primary amides is 1. The van der Waals surface area contributed by atoms with Crippen LogP contribution in [0.4, 0.5) is 5.69 Å². The van der Waals surface area contributed by atoms with Gasteiger partial charge in [-0.1, -0.05) is 12.8 Å². The topological polar surface area (TPSA) is 84.5 Å². The van der Waals surface area contributed by atoms with Crippen LogP contribution in [0.25, 0.3) is 5.52 Å². The number of halogens is 1. The zero-order valence-electron chi connectivity index (χ0n) is 13.9. The van der Waals surface area contributed by atoms with Crippen molar-refractivity contribution in [1.29, 1.82) is 0 Å². The Morgan fingerprint density at radius 2 is 2.44 bits per heavy atom. The van der Waals surface area contributed by atoms with Crippen molar-refractivity contribution in [3.8, 4) is 12.3 Å². The van der Waals surface area contributed by atoms with E-state index in [-0.39, 0.29) is 11.5 Å². The number of terminal acetylenes is 1. The molecule has 1 aliphatic heterocycles. The predicted molar refractivity (Wildman–Crippen MR) is 100 cm³/mol. The minimum absolute atomic E-state index is 0.115. The number of hydrogen-bond donors (Lipinski definition) is 3. The van der Waals surface area contributed by atoms with E-state index < -0.39 is 5.91 Å². The lowest BCUT2D eigenvalue weighted by molar-refractivity contribution is 0.100. The van der Waals surface area contributed by atoms with E-state index in [4.69, 9.17) is 12.2 Å². The number of nitrogens with one attached hydrogen (secondary N) is 2. The average molecular weight is 402 g/mol. The molecule has 4 N–H and O–H groups in total. The normalized spacial score (nSPS) is 31.0. The van der Waals surface area contributed by atoms with Crippen LogP contribution in [0.2, 0.25) is 0 Å². The lowest BCUT2D eigenvalue weighted by Crippen LogP contribution is -2.29. The summed E-state index contributed by atoms with van der Waals surface area (Å²) in [5.74, 6) is 3.37. The second kappa shape index (κ2) is 5.75. The van der Waals surface area contributed by atoms with Gasteiger partial charge in [-0.25, -0.2) is 4.52 Å². The molecule has 1 saturated heterocycles. The maximum Gasteiger partial charge on any atom is 0.252 e. The number of fused-ring (bicyclic) bond motifs is 2. The second-order valence-electron chi connectivity index (χ2n) is 7.14. The fourth-order valence-electron chi connectivity index (χ4n) is 4.50. The van der Waals surface area contributed by atoms with Gasteiger partial charge in [0.05, 0.1) is 23.0 Å². The predicted octanol–water partition coefficient (Wildman–Crippen LogP) is 1.86. The van der Waals surface area contributed by atoms with Crippen molar-refractivity contribution in [1.82, 2.24) is 14.9 Å². The van der Waals surface area contributed by atoms with Crippen LogP contribution in [0.15, 0.2) is 22.9 Å². The summed E-state index contributed by atoms with van der Waals surface area (Å²) in [6, 6.07) is 2.11. The summed E-state index contributed by atoms with van der Waals surface area (Å²) in [6.07, 6.45) is 10.1. The van der Waals surface area contributed by atoms with Crippen LogP contribution in [0.5, 0.6) is 0 Å². The van der Waals surface area contributed by atoms with Crippen LogP contribution in [0.1, 0.15) is 23.7 Å². The Morgan fingerprint density at radius 1 is 1.64 bits per heavy atom. The molecule has 0 spiro atoms. The third kappa shape index (κ3) is 2.43. The second-order valence-corrected chi connectivity index (χ2v) is 8.05. The van der Waals surface area contributed by atoms with Crippen molar-refractivity contribution in [3.63, 3.8) is 0 Å². The molecule has 25 heavy (non-hydrogen) atoms. The third-order valence-corrected chi connectivity index (χ3v) is 6.29. The van der Waals surface area contributed by atoms with Gasteiger partial charge in [0.15, 0.2) is 0 Å². The van der Waals surface area contributed by atoms with Crippen molar-refractivity contribution in [3.05, 3.63) is 28.5 Å². The highest BCUT2D eigenvalue weighted by Crippen LogP contribution is 2.49. The van der Waals surface area contributed by atoms with Gasteiger partial charge in [-0.15, -0.1) is 6.42 Å². The number of aromatic nitrogens is 2. The molecule has 1 amide bonds. The van der Waals surface area contributed by atoms with Gasteiger partial charge in [-0.2, -0.15) is 5.10 Å². The van der Waals surface area contributed by atoms with E-state index in [1.807, 2.05) is 12.3 Å². The molecular formula is C18H20BrN5O. The van der Waals surface area contributed by atoms with Gasteiger partial charge in [-0.3, -0.25) is 4.79 Å². The first-order valence-corrected chi connectivity index (χ1v) is 9.16. The molecule has 3 heterocycles. The molecule has 130 valence electrons. The van der Waals surface area contributed by atoms with Gasteiger partial charge in [0.25, 0.3) is 5.91 Å². The summed E-state index contributed by atoms with van der Waals surface area (Å²) in [7, 11) is 0. The Balaban J connectivity index is 1.75. The zero-order chi connectivity index (χ0) is 17.8. The van der Waals surface area contributed by atoms with Crippen LogP contribution in [0, 0.1) is 29.6 Å². The number of anilines is 1. The van der Waals surface area contributed by atoms with E-state index in [2.05, 4.69) is 44.5 Å². The zero-order valence-corrected chi connectivity index (χ0v) is 15.5. The van der Waals surface area contributed by atoms with Crippen molar-refractivity contribution >= 4 is 33.0 Å². The van der Waals surface area contributed by atoms with Gasteiger partial charge >= 0.3 is 0 Å². The van der Waals surface area contributed by atoms with E-state index in [0.29, 0.717) is 17.4 Å². The molecule has 0 bridgehead atoms. The average Bonchev–Trinajstić information content (AvgIpc) is 3.22. The molecule has 2 aromatic rings. The summed E-state index contributed by atoms with van der Waals surface area (Å²) in [4.78, 5) is 11.9. The quantitative estimate of drug-likeness (QED) is 0.685. The standard InChI is InChI=1S/C18H20BrN5O/c1-3-18-5-14(10(2)13(18)7-21-9-18)23-16-12(17(20)25)6-22-24-8-11(19)4-15(16)24/h1,4,6,8,10,13-14,21,23H,5,7,9H2,2H3,(H2,20,25)/t10-,13?,14-,18?/m1/s1. The molecular weight excluding hydrogens is 382 g/mol. The summed E-state index contributed by atoms with van der Waals surface area (Å²) >= 11 is 3.46. The molecule has 2 aromatic heterocycles. The molecule has 2 aliphatic rings. The number of hydrogen-bond acceptors (Lipinski definition) is 4. The summed E-state index contributed by atoms with van der Waals surface area (Å²) in [6.45, 7) is 4.02. The van der Waals surface area contributed by atoms with Gasteiger partial charge in [0.2, 0.25) is 0 Å². The largest absolute Gasteiger partial charge is 0.380 e. The number of nitrogens with zero attached hydrogens (tertiary/aromatic N) is 2. The molecule has 1 saturated carbocycles. The first kappa shape index (κ1) is 16.4. The van der Waals surface area contributed by atoms with Gasteiger partial charge in [0.1, 0.15) is 0 Å². The fourth-order valence-corrected chi connectivity index (χ4v) is 4.91. The Hall–Kier alpha value is -2.04. The molecule has 4 rings (SSSR count). The van der Waals surface area contributed by atoms with E-state index in [1.54, 1.807) is 4.52 Å². The summed E-state index contributed by atoms with van der Waals surface area (Å²) in [5, 5.41) is 11.3. The molecule has 0 aromatic carbocycles. The van der Waals surface area contributed by atoms with Crippen LogP contribution < -0.4 is 16.4 Å². The maximum atomic E-state index is 11.9. The first-order chi connectivity index (χ1) is 11.9. The van der Waals surface area contributed by atoms with Crippen molar-refractivity contribution in [2.45, 2.75) is 19.4 Å². The minimum atomic E-state index is -0.492. The van der Waals surface area contributed by atoms with Crippen molar-refractivity contribution in [2.75, 3.05) is 18.4 Å². The van der Waals surface area contributed by atoms with E-state index in [1.165, 1.54) is 6.20 Å². The van der Waals surface area contributed by atoms with Crippen molar-refractivity contribution < 1.29 is 4.79 Å². The Labute approximate surface area is 154 Å². The summed E-state index contributed by atoms with van der Waals surface area (Å²) < 4.78 is 2.63. The Kier molecular flexibility index (Phi) is 3.78. The van der Waals surface area contributed by atoms with E-state index in [0.717, 1.165) is 35.2 Å². The SMILES string of the molecule is C#CC12CNCC1[C@@H](C)[C@H](Nc1c(C(N)=O)cnn3cc(Br)cc13)C2. The lowest BCUT2D eigenvalue weighted by atomic mass is 9.79. The molecule has 2 fully saturated rings. The number of amides is 1. The number of carbonyl (C=O) groups is 1. The number of rotatable bonds is 3. The van der Waals surface area contributed by atoms with E-state index in [9.17, 15) is 4.79 Å². The minimum Gasteiger partial charge on any atom is -0.380 e. The van der Waals surface area contributed by atoms with Gasteiger partial charge in [-0.05, 0) is 46.8 Å². The lowest BCUT2D eigenvalue weighted by Gasteiger charge is -2.23. The highest BCUT2D eigenvalue weighted by Gasteiger charge is 2.53. The molecule has 1 aliphatic carbocycles. The number of carbonyl (C=O) groups excluding carboxylic acids is 1. The van der Waals surface area contributed by atoms with Gasteiger partial charge < -0.3 is 16.4 Å². The van der Waals surface area contributed by atoms with Crippen LogP contribution in [-0.4, -0.2) is 34.7 Å². The summed E-state index contributed by atoms with van der Waals surface area (Å²) in [5.41, 5.74) is 7.41. The highest BCUT2D eigenvalue weighted by atomic mass is 79.9. The monoisotopic (exact) mass is 401 g/mol. The first-order valence-electron chi connectivity index (χ1n) is 8.37. The van der Waals surface area contributed by atoms with Crippen molar-refractivity contribution in [2.24, 2.45) is 23.0 Å². The van der Waals surface area contributed by atoms with Crippen LogP contribution in [-0.2, 0) is 0 Å². The molecule has 6 nitrogen and oxygen atoms in total. The van der Waals surface area contributed by atoms with E-state index >= 15 is 0 Å². The smallest absolute Gasteiger partial charge is 0.252 e. The molecule has 0 radical (unpaired) electrons. The maximum absolute atomic E-state index is 11.9. The Morgan fingerprint density at radius 3 is 3.12 bits per heavy atom. The number of nitrogens with two attached hydrogens (primary N) is 1. The molecule has 7 heteroatoms. The molecule has 2 unspecified atom stereocenters. The third-order valence-electron chi connectivity index (χ3n) is 5.85. The van der Waals surface area contributed by atoms with Crippen LogP contribution >= 0.6 is 15.9 Å². The fraction of sp³-hybridized carbons (Fsp3) is 0.444. The van der Waals surface area contributed by atoms with Gasteiger partial charge in [0, 0.05) is 28.7 Å². The van der Waals surface area contributed by atoms with Crippen LogP contribution in [0.3, 0.4) is 0 Å².